The molecule has 1 N–H and O–H groups in total. The Bertz CT molecular complexity index is 1070. The molecule has 0 saturated heterocycles. The lowest BCUT2D eigenvalue weighted by molar-refractivity contribution is -0.137. The minimum absolute atomic E-state index is 0.265. The van der Waals surface area contributed by atoms with E-state index in [9.17, 15) is 21.8 Å². The van der Waals surface area contributed by atoms with Gasteiger partial charge in [0.05, 0.1) is 23.7 Å². The average molecular weight is 482 g/mol. The third kappa shape index (κ3) is 7.52. The van der Waals surface area contributed by atoms with Crippen LogP contribution in [-0.4, -0.2) is 27.7 Å². The summed E-state index contributed by atoms with van der Waals surface area (Å²) in [6.07, 6.45) is -0.0819. The number of hydrogen-bond acceptors (Lipinski definition) is 4. The van der Waals surface area contributed by atoms with Crippen LogP contribution in [-0.2, 0) is 30.0 Å². The lowest BCUT2D eigenvalue weighted by Gasteiger charge is -2.17. The number of benzene rings is 2. The topological polar surface area (TPSA) is 64.1 Å². The molecule has 176 valence electrons. The molecule has 1 aliphatic heterocycles. The molecule has 1 atom stereocenters. The Labute approximate surface area is 191 Å². The number of anilines is 1. The molecular weight excluding hydrogens is 458 g/mol. The van der Waals surface area contributed by atoms with Crippen molar-refractivity contribution in [3.63, 3.8) is 0 Å². The number of alkyl halides is 4. The Kier molecular flexibility index (Phi) is 8.76. The van der Waals surface area contributed by atoms with Crippen LogP contribution in [0.4, 0.5) is 23.4 Å². The summed E-state index contributed by atoms with van der Waals surface area (Å²) in [6.45, 7) is 0.219. The molecule has 1 aliphatic rings. The van der Waals surface area contributed by atoms with Crippen molar-refractivity contribution in [2.24, 2.45) is 0 Å². The zero-order valence-electron chi connectivity index (χ0n) is 17.6. The van der Waals surface area contributed by atoms with Crippen LogP contribution in [0.15, 0.2) is 65.7 Å². The van der Waals surface area contributed by atoms with Gasteiger partial charge in [-0.2, -0.15) is 18.3 Å². The van der Waals surface area contributed by atoms with Crippen molar-refractivity contribution in [1.29, 1.82) is 0 Å². The first-order valence-corrected chi connectivity index (χ1v) is 11.5. The van der Waals surface area contributed by atoms with Crippen LogP contribution in [0.5, 0.6) is 5.75 Å². The molecule has 1 unspecified atom stereocenters. The molecular formula is C23H23F4N3O2S. The number of rotatable bonds is 6. The predicted molar refractivity (Wildman–Crippen MR) is 118 cm³/mol. The minimum Gasteiger partial charge on any atom is -0.493 e. The van der Waals surface area contributed by atoms with Gasteiger partial charge in [0.2, 0.25) is 0 Å². The molecule has 0 spiro atoms. The van der Waals surface area contributed by atoms with Gasteiger partial charge in [-0.25, -0.2) is 4.21 Å². The zero-order valence-corrected chi connectivity index (χ0v) is 18.5. The maximum absolute atomic E-state index is 12.2. The van der Waals surface area contributed by atoms with E-state index in [0.717, 1.165) is 37.3 Å². The summed E-state index contributed by atoms with van der Waals surface area (Å²) in [5, 5.41) is 7.58. The van der Waals surface area contributed by atoms with Crippen molar-refractivity contribution in [3.05, 3.63) is 77.5 Å². The number of aryl methyl sites for hydroxylation is 2. The van der Waals surface area contributed by atoms with E-state index in [1.54, 1.807) is 24.4 Å². The SMILES string of the molecule is FCCCc1cccc(C(F)(F)F)c1.O=S(Nc1cccnn1)c1ccc2c(c1)OCCC2. The third-order valence-corrected chi connectivity index (χ3v) is 5.80. The molecule has 1 aromatic heterocycles. The fourth-order valence-electron chi connectivity index (χ4n) is 3.12. The molecule has 0 amide bonds. The highest BCUT2D eigenvalue weighted by molar-refractivity contribution is 7.86. The summed E-state index contributed by atoms with van der Waals surface area (Å²) in [6, 6.07) is 14.1. The number of hydrogen-bond donors (Lipinski definition) is 1. The maximum Gasteiger partial charge on any atom is 0.416 e. The average Bonchev–Trinajstić information content (AvgIpc) is 2.83. The molecule has 33 heavy (non-hydrogen) atoms. The second kappa shape index (κ2) is 11.7. The first-order valence-electron chi connectivity index (χ1n) is 10.3. The highest BCUT2D eigenvalue weighted by Crippen LogP contribution is 2.30. The van der Waals surface area contributed by atoms with Gasteiger partial charge in [-0.15, -0.1) is 5.10 Å². The molecule has 0 bridgehead atoms. The van der Waals surface area contributed by atoms with Gasteiger partial charge >= 0.3 is 6.18 Å². The van der Waals surface area contributed by atoms with Crippen LogP contribution in [0, 0.1) is 0 Å². The lowest BCUT2D eigenvalue weighted by Crippen LogP contribution is -2.11. The van der Waals surface area contributed by atoms with E-state index in [1.165, 1.54) is 11.6 Å². The van der Waals surface area contributed by atoms with Gasteiger partial charge in [0, 0.05) is 6.20 Å². The normalized spacial score (nSPS) is 13.7. The predicted octanol–water partition coefficient (Wildman–Crippen LogP) is 5.54. The van der Waals surface area contributed by atoms with Gasteiger partial charge in [0.1, 0.15) is 5.75 Å². The summed E-state index contributed by atoms with van der Waals surface area (Å²) in [5.41, 5.74) is 1.03. The molecule has 2 aromatic carbocycles. The molecule has 2 heterocycles. The quantitative estimate of drug-likeness (QED) is 0.470. The van der Waals surface area contributed by atoms with E-state index in [2.05, 4.69) is 14.9 Å². The Balaban J connectivity index is 0.000000196. The highest BCUT2D eigenvalue weighted by Gasteiger charge is 2.30. The number of fused-ring (bicyclic) bond motifs is 1. The van der Waals surface area contributed by atoms with Crippen molar-refractivity contribution >= 4 is 16.8 Å². The van der Waals surface area contributed by atoms with Crippen LogP contribution in [0.25, 0.3) is 0 Å². The van der Waals surface area contributed by atoms with E-state index in [4.69, 9.17) is 4.74 Å². The van der Waals surface area contributed by atoms with Crippen molar-refractivity contribution in [2.75, 3.05) is 18.0 Å². The first-order chi connectivity index (χ1) is 15.9. The van der Waals surface area contributed by atoms with E-state index in [1.807, 2.05) is 18.2 Å². The van der Waals surface area contributed by atoms with Crippen LogP contribution in [0.1, 0.15) is 29.5 Å². The van der Waals surface area contributed by atoms with Gasteiger partial charge in [-0.05, 0) is 67.1 Å². The number of ether oxygens (including phenoxy) is 1. The Morgan fingerprint density at radius 2 is 1.94 bits per heavy atom. The van der Waals surface area contributed by atoms with Crippen LogP contribution in [0.2, 0.25) is 0 Å². The van der Waals surface area contributed by atoms with Crippen LogP contribution < -0.4 is 9.46 Å². The van der Waals surface area contributed by atoms with Gasteiger partial charge in [-0.1, -0.05) is 24.3 Å². The standard InChI is InChI=1S/C13H13N3O2S.C10H10F4/c17-19(16-13-4-1-7-14-15-13)11-6-5-10-3-2-8-18-12(10)9-11;11-6-2-4-8-3-1-5-9(7-8)10(12,13)14/h1,4-7,9H,2-3,8H2,(H,15,16);1,3,5,7H,2,4,6H2. The number of nitrogens with one attached hydrogen (secondary N) is 1. The second-order valence-corrected chi connectivity index (χ2v) is 8.40. The molecule has 5 nitrogen and oxygen atoms in total. The monoisotopic (exact) mass is 481 g/mol. The second-order valence-electron chi connectivity index (χ2n) is 7.19. The molecule has 0 aliphatic carbocycles. The van der Waals surface area contributed by atoms with E-state index < -0.39 is 29.4 Å². The van der Waals surface area contributed by atoms with Gasteiger partial charge in [0.25, 0.3) is 0 Å². The molecule has 4 rings (SSSR count). The van der Waals surface area contributed by atoms with Crippen LogP contribution in [0.3, 0.4) is 0 Å². The Morgan fingerprint density at radius 1 is 1.09 bits per heavy atom. The summed E-state index contributed by atoms with van der Waals surface area (Å²) >= 11 is 0. The largest absolute Gasteiger partial charge is 0.493 e. The first kappa shape index (κ1) is 24.6. The summed E-state index contributed by atoms with van der Waals surface area (Å²) in [4.78, 5) is 0.673. The van der Waals surface area contributed by atoms with Crippen LogP contribution >= 0.6 is 0 Å². The van der Waals surface area contributed by atoms with Gasteiger partial charge in [-0.3, -0.25) is 9.11 Å². The maximum atomic E-state index is 12.2. The van der Waals surface area contributed by atoms with E-state index >= 15 is 0 Å². The fourth-order valence-corrected chi connectivity index (χ4v) is 3.94. The van der Waals surface area contributed by atoms with Crippen molar-refractivity contribution in [3.8, 4) is 5.75 Å². The van der Waals surface area contributed by atoms with Gasteiger partial charge in [0.15, 0.2) is 16.8 Å². The van der Waals surface area contributed by atoms with Gasteiger partial charge < -0.3 is 4.74 Å². The number of halogens is 4. The zero-order chi connectivity index (χ0) is 23.7. The molecule has 0 fully saturated rings. The summed E-state index contributed by atoms with van der Waals surface area (Å²) < 4.78 is 69.0. The van der Waals surface area contributed by atoms with E-state index in [-0.39, 0.29) is 6.42 Å². The van der Waals surface area contributed by atoms with Crippen molar-refractivity contribution in [1.82, 2.24) is 10.2 Å². The summed E-state index contributed by atoms with van der Waals surface area (Å²) in [7, 11) is -1.36. The molecule has 0 radical (unpaired) electrons. The number of aromatic nitrogens is 2. The smallest absolute Gasteiger partial charge is 0.416 e. The lowest BCUT2D eigenvalue weighted by atomic mass is 10.1. The molecule has 10 heteroatoms. The fraction of sp³-hybridized carbons (Fsp3) is 0.304. The minimum atomic E-state index is -4.31. The molecule has 0 saturated carbocycles. The van der Waals surface area contributed by atoms with Crippen molar-refractivity contribution in [2.45, 2.75) is 36.8 Å². The number of nitrogens with zero attached hydrogens (tertiary/aromatic N) is 2. The van der Waals surface area contributed by atoms with Crippen molar-refractivity contribution < 1.29 is 26.5 Å². The third-order valence-electron chi connectivity index (χ3n) is 4.72. The highest BCUT2D eigenvalue weighted by atomic mass is 32.2. The Morgan fingerprint density at radius 3 is 2.67 bits per heavy atom. The summed E-state index contributed by atoms with van der Waals surface area (Å²) in [5.74, 6) is 1.32. The Hall–Kier alpha value is -3.01. The molecule has 3 aromatic rings. The van der Waals surface area contributed by atoms with E-state index in [0.29, 0.717) is 22.7 Å².